The lowest BCUT2D eigenvalue weighted by Crippen LogP contribution is -2.47. The van der Waals surface area contributed by atoms with E-state index in [0.29, 0.717) is 51.0 Å². The number of morpholine rings is 1. The van der Waals surface area contributed by atoms with Crippen LogP contribution in [0.4, 0.5) is 11.6 Å². The third kappa shape index (κ3) is 4.86. The Morgan fingerprint density at radius 1 is 1.06 bits per heavy atom. The zero-order valence-electron chi connectivity index (χ0n) is 19.4. The van der Waals surface area contributed by atoms with Crippen molar-refractivity contribution in [2.45, 2.75) is 13.5 Å². The van der Waals surface area contributed by atoms with Crippen LogP contribution in [-0.4, -0.2) is 91.3 Å². The number of nitrogen functional groups attached to an aromatic ring is 1. The SMILES string of the molecule is Cc1nc(N)ccc1-c1nc(N2CCOCC2)c2sc(CN3CCN(S(C)(=O)=O)CC3)cc2n1. The molecule has 0 saturated carbocycles. The lowest BCUT2D eigenvalue weighted by molar-refractivity contribution is 0.122. The van der Waals surface area contributed by atoms with Gasteiger partial charge in [0, 0.05) is 56.3 Å². The molecule has 0 radical (unpaired) electrons. The van der Waals surface area contributed by atoms with Crippen molar-refractivity contribution in [3.05, 3.63) is 28.8 Å². The van der Waals surface area contributed by atoms with Gasteiger partial charge in [0.15, 0.2) is 11.6 Å². The number of fused-ring (bicyclic) bond motifs is 1. The van der Waals surface area contributed by atoms with Gasteiger partial charge in [0.2, 0.25) is 10.0 Å². The minimum absolute atomic E-state index is 0.476. The summed E-state index contributed by atoms with van der Waals surface area (Å²) in [4.78, 5) is 20.0. The van der Waals surface area contributed by atoms with Gasteiger partial charge in [-0.1, -0.05) is 0 Å². The molecule has 0 spiro atoms. The topological polar surface area (TPSA) is 118 Å². The number of nitrogens with two attached hydrogens (primary N) is 1. The van der Waals surface area contributed by atoms with Crippen LogP contribution in [0.15, 0.2) is 18.2 Å². The molecule has 5 heterocycles. The summed E-state index contributed by atoms with van der Waals surface area (Å²) in [7, 11) is -3.14. The molecule has 2 aliphatic rings. The van der Waals surface area contributed by atoms with Crippen LogP contribution >= 0.6 is 11.3 Å². The number of aromatic nitrogens is 3. The molecular weight excluding hydrogens is 474 g/mol. The van der Waals surface area contributed by atoms with Crippen molar-refractivity contribution in [3.63, 3.8) is 0 Å². The van der Waals surface area contributed by atoms with Crippen molar-refractivity contribution in [1.82, 2.24) is 24.2 Å². The van der Waals surface area contributed by atoms with Crippen LogP contribution in [0.3, 0.4) is 0 Å². The third-order valence-corrected chi connectivity index (χ3v) is 8.65. The molecule has 10 nitrogen and oxygen atoms in total. The molecule has 2 fully saturated rings. The van der Waals surface area contributed by atoms with Gasteiger partial charge in [0.05, 0.1) is 35.4 Å². The molecular formula is C22H29N7O3S2. The number of thiophene rings is 1. The number of piperazine rings is 1. The maximum absolute atomic E-state index is 11.8. The zero-order valence-corrected chi connectivity index (χ0v) is 21.0. The van der Waals surface area contributed by atoms with E-state index < -0.39 is 10.0 Å². The number of hydrogen-bond acceptors (Lipinski definition) is 10. The van der Waals surface area contributed by atoms with Crippen LogP contribution in [0.1, 0.15) is 10.6 Å². The Kier molecular flexibility index (Phi) is 6.42. The molecule has 5 rings (SSSR count). The average molecular weight is 504 g/mol. The molecule has 0 atom stereocenters. The Balaban J connectivity index is 1.47. The summed E-state index contributed by atoms with van der Waals surface area (Å²) in [5.74, 6) is 2.05. The minimum atomic E-state index is -3.14. The number of ether oxygens (including phenoxy) is 1. The molecule has 0 bridgehead atoms. The van der Waals surface area contributed by atoms with E-state index in [-0.39, 0.29) is 0 Å². The zero-order chi connectivity index (χ0) is 23.9. The Hall–Kier alpha value is -2.38. The summed E-state index contributed by atoms with van der Waals surface area (Å²) in [6, 6.07) is 5.84. The molecule has 2 N–H and O–H groups in total. The molecule has 0 unspecified atom stereocenters. The first-order valence-corrected chi connectivity index (χ1v) is 14.0. The number of anilines is 2. The predicted molar refractivity (Wildman–Crippen MR) is 135 cm³/mol. The van der Waals surface area contributed by atoms with Gasteiger partial charge in [0.1, 0.15) is 5.82 Å². The second-order valence-corrected chi connectivity index (χ2v) is 11.8. The van der Waals surface area contributed by atoms with Crippen LogP contribution in [0.25, 0.3) is 21.6 Å². The van der Waals surface area contributed by atoms with Crippen LogP contribution in [0, 0.1) is 6.92 Å². The van der Waals surface area contributed by atoms with Crippen molar-refractivity contribution < 1.29 is 13.2 Å². The highest BCUT2D eigenvalue weighted by Gasteiger charge is 2.25. The summed E-state index contributed by atoms with van der Waals surface area (Å²) in [5.41, 5.74) is 8.44. The predicted octanol–water partition coefficient (Wildman–Crippen LogP) is 1.56. The van der Waals surface area contributed by atoms with E-state index in [4.69, 9.17) is 20.4 Å². The fourth-order valence-corrected chi connectivity index (χ4v) is 6.39. The van der Waals surface area contributed by atoms with E-state index in [1.807, 2.05) is 13.0 Å². The van der Waals surface area contributed by atoms with Gasteiger partial charge < -0.3 is 15.4 Å². The first kappa shape index (κ1) is 23.4. The standard InChI is InChI=1S/C22H29N7O3S2/c1-15-17(3-4-19(23)24-15)21-25-18-13-16(14-27-5-7-29(8-6-27)34(2,30)31)33-20(18)22(26-21)28-9-11-32-12-10-28/h3-4,13H,5-12,14H2,1-2H3,(H2,23,24). The highest BCUT2D eigenvalue weighted by atomic mass is 32.2. The van der Waals surface area contributed by atoms with Crippen molar-refractivity contribution in [3.8, 4) is 11.4 Å². The van der Waals surface area contributed by atoms with Crippen LogP contribution in [0.2, 0.25) is 0 Å². The second kappa shape index (κ2) is 9.34. The number of nitrogens with zero attached hydrogens (tertiary/aromatic N) is 6. The van der Waals surface area contributed by atoms with E-state index in [9.17, 15) is 8.42 Å². The maximum atomic E-state index is 11.8. The van der Waals surface area contributed by atoms with Crippen LogP contribution in [-0.2, 0) is 21.3 Å². The first-order valence-electron chi connectivity index (χ1n) is 11.3. The monoisotopic (exact) mass is 503 g/mol. The summed E-state index contributed by atoms with van der Waals surface area (Å²) < 4.78 is 31.8. The average Bonchev–Trinajstić information content (AvgIpc) is 3.21. The Morgan fingerprint density at radius 3 is 2.47 bits per heavy atom. The van der Waals surface area contributed by atoms with E-state index in [1.165, 1.54) is 11.1 Å². The van der Waals surface area contributed by atoms with Crippen LogP contribution < -0.4 is 10.6 Å². The maximum Gasteiger partial charge on any atom is 0.211 e. The van der Waals surface area contributed by atoms with Crippen molar-refractivity contribution >= 4 is 43.2 Å². The van der Waals surface area contributed by atoms with E-state index in [1.54, 1.807) is 21.7 Å². The van der Waals surface area contributed by atoms with Gasteiger partial charge in [0.25, 0.3) is 0 Å². The number of rotatable bonds is 5. The largest absolute Gasteiger partial charge is 0.384 e. The van der Waals surface area contributed by atoms with Gasteiger partial charge in [-0.25, -0.2) is 23.4 Å². The van der Waals surface area contributed by atoms with Crippen molar-refractivity contribution in [1.29, 1.82) is 0 Å². The third-order valence-electron chi connectivity index (χ3n) is 6.24. The van der Waals surface area contributed by atoms with Gasteiger partial charge in [-0.15, -0.1) is 11.3 Å². The summed E-state index contributed by atoms with van der Waals surface area (Å²) >= 11 is 1.71. The second-order valence-electron chi connectivity index (χ2n) is 8.70. The minimum Gasteiger partial charge on any atom is -0.384 e. The number of sulfonamides is 1. The lowest BCUT2D eigenvalue weighted by Gasteiger charge is -2.32. The molecule has 3 aromatic heterocycles. The normalized spacial score (nSPS) is 18.6. The van der Waals surface area contributed by atoms with Gasteiger partial charge >= 0.3 is 0 Å². The molecule has 0 aliphatic carbocycles. The first-order chi connectivity index (χ1) is 16.3. The molecule has 0 amide bonds. The molecule has 34 heavy (non-hydrogen) atoms. The van der Waals surface area contributed by atoms with E-state index in [0.717, 1.165) is 46.9 Å². The highest BCUT2D eigenvalue weighted by molar-refractivity contribution is 7.88. The fraction of sp³-hybridized carbons (Fsp3) is 0.500. The summed E-state index contributed by atoms with van der Waals surface area (Å²) in [6.07, 6.45) is 1.27. The Morgan fingerprint density at radius 2 is 1.79 bits per heavy atom. The summed E-state index contributed by atoms with van der Waals surface area (Å²) in [5, 5.41) is 0. The van der Waals surface area contributed by atoms with Gasteiger partial charge in [-0.3, -0.25) is 4.90 Å². The molecule has 2 aliphatic heterocycles. The van der Waals surface area contributed by atoms with Crippen molar-refractivity contribution in [2.24, 2.45) is 0 Å². The van der Waals surface area contributed by atoms with Gasteiger partial charge in [-0.05, 0) is 25.1 Å². The Bertz CT molecular complexity index is 1300. The quantitative estimate of drug-likeness (QED) is 0.553. The lowest BCUT2D eigenvalue weighted by atomic mass is 10.2. The molecule has 182 valence electrons. The number of pyridine rings is 1. The molecule has 3 aromatic rings. The smallest absolute Gasteiger partial charge is 0.211 e. The molecule has 12 heteroatoms. The number of hydrogen-bond donors (Lipinski definition) is 1. The van der Waals surface area contributed by atoms with Gasteiger partial charge in [-0.2, -0.15) is 4.31 Å². The van der Waals surface area contributed by atoms with Crippen LogP contribution in [0.5, 0.6) is 0 Å². The van der Waals surface area contributed by atoms with E-state index in [2.05, 4.69) is 20.9 Å². The Labute approximate surface area is 203 Å². The molecule has 2 saturated heterocycles. The number of aryl methyl sites for hydroxylation is 1. The van der Waals surface area contributed by atoms with E-state index >= 15 is 0 Å². The van der Waals surface area contributed by atoms with Crippen molar-refractivity contribution in [2.75, 3.05) is 69.4 Å². The highest BCUT2D eigenvalue weighted by Crippen LogP contribution is 2.35. The molecule has 0 aromatic carbocycles. The summed E-state index contributed by atoms with van der Waals surface area (Å²) in [6.45, 7) is 8.07. The fourth-order valence-electron chi connectivity index (χ4n) is 4.41.